The minimum absolute atomic E-state index is 0.217. The van der Waals surface area contributed by atoms with Gasteiger partial charge in [-0.2, -0.15) is 0 Å². The molecule has 2 aromatic rings. The molecule has 2 unspecified atom stereocenters. The van der Waals surface area contributed by atoms with Gasteiger partial charge in [0.1, 0.15) is 5.75 Å². The van der Waals surface area contributed by atoms with Crippen molar-refractivity contribution in [3.63, 3.8) is 0 Å². The first-order valence-corrected chi connectivity index (χ1v) is 7.15. The SMILES string of the molecule is CNCC1CCOC1c1ccc2cc(OC)ccc2c1. The number of benzene rings is 2. The summed E-state index contributed by atoms with van der Waals surface area (Å²) in [4.78, 5) is 0. The summed E-state index contributed by atoms with van der Waals surface area (Å²) < 4.78 is 11.2. The van der Waals surface area contributed by atoms with Gasteiger partial charge in [-0.3, -0.25) is 0 Å². The highest BCUT2D eigenvalue weighted by Crippen LogP contribution is 2.35. The Kier molecular flexibility index (Phi) is 3.90. The molecule has 0 radical (unpaired) electrons. The van der Waals surface area contributed by atoms with Crippen LogP contribution in [0.4, 0.5) is 0 Å². The first-order chi connectivity index (χ1) is 9.81. The zero-order chi connectivity index (χ0) is 13.9. The normalized spacial score (nSPS) is 22.3. The molecule has 2 atom stereocenters. The van der Waals surface area contributed by atoms with Gasteiger partial charge in [0.2, 0.25) is 0 Å². The van der Waals surface area contributed by atoms with Crippen molar-refractivity contribution in [2.24, 2.45) is 5.92 Å². The highest BCUT2D eigenvalue weighted by Gasteiger charge is 2.29. The number of rotatable bonds is 4. The fraction of sp³-hybridized carbons (Fsp3) is 0.412. The standard InChI is InChI=1S/C17H21NO2/c1-18-11-15-7-8-20-17(15)14-4-3-13-10-16(19-2)6-5-12(13)9-14/h3-6,9-10,15,17-18H,7-8,11H2,1-2H3. The first kappa shape index (κ1) is 13.4. The van der Waals surface area contributed by atoms with Gasteiger partial charge in [-0.1, -0.05) is 18.2 Å². The lowest BCUT2D eigenvalue weighted by atomic mass is 9.93. The van der Waals surface area contributed by atoms with Crippen molar-refractivity contribution in [2.45, 2.75) is 12.5 Å². The van der Waals surface area contributed by atoms with Crippen LogP contribution in [0.15, 0.2) is 36.4 Å². The van der Waals surface area contributed by atoms with Crippen LogP contribution in [0, 0.1) is 5.92 Å². The number of hydrogen-bond donors (Lipinski definition) is 1. The highest BCUT2D eigenvalue weighted by molar-refractivity contribution is 5.84. The maximum Gasteiger partial charge on any atom is 0.119 e. The summed E-state index contributed by atoms with van der Waals surface area (Å²) >= 11 is 0. The average molecular weight is 271 g/mol. The molecule has 2 aromatic carbocycles. The van der Waals surface area contributed by atoms with E-state index in [-0.39, 0.29) is 6.10 Å². The Morgan fingerprint density at radius 2 is 2.00 bits per heavy atom. The predicted molar refractivity (Wildman–Crippen MR) is 81.2 cm³/mol. The summed E-state index contributed by atoms with van der Waals surface area (Å²) in [6.45, 7) is 1.86. The van der Waals surface area contributed by atoms with E-state index >= 15 is 0 Å². The lowest BCUT2D eigenvalue weighted by Gasteiger charge is -2.19. The van der Waals surface area contributed by atoms with Crippen molar-refractivity contribution < 1.29 is 9.47 Å². The van der Waals surface area contributed by atoms with Crippen LogP contribution in [0.1, 0.15) is 18.1 Å². The van der Waals surface area contributed by atoms with Crippen molar-refractivity contribution in [3.05, 3.63) is 42.0 Å². The minimum atomic E-state index is 0.217. The second-order valence-electron chi connectivity index (χ2n) is 5.37. The van der Waals surface area contributed by atoms with Gasteiger partial charge < -0.3 is 14.8 Å². The number of fused-ring (bicyclic) bond motifs is 1. The third-order valence-electron chi connectivity index (χ3n) is 4.08. The zero-order valence-electron chi connectivity index (χ0n) is 12.1. The van der Waals surface area contributed by atoms with E-state index in [1.165, 1.54) is 16.3 Å². The molecule has 0 aromatic heterocycles. The number of hydrogen-bond acceptors (Lipinski definition) is 3. The van der Waals surface area contributed by atoms with E-state index in [1.807, 2.05) is 13.1 Å². The van der Waals surface area contributed by atoms with E-state index in [9.17, 15) is 0 Å². The monoisotopic (exact) mass is 271 g/mol. The second kappa shape index (κ2) is 5.81. The van der Waals surface area contributed by atoms with Crippen LogP contribution in [0.3, 0.4) is 0 Å². The van der Waals surface area contributed by atoms with Gasteiger partial charge >= 0.3 is 0 Å². The van der Waals surface area contributed by atoms with Crippen molar-refractivity contribution in [1.29, 1.82) is 0 Å². The van der Waals surface area contributed by atoms with Crippen molar-refractivity contribution in [2.75, 3.05) is 27.3 Å². The maximum atomic E-state index is 5.93. The molecule has 20 heavy (non-hydrogen) atoms. The Labute approximate surface area is 119 Å². The summed E-state index contributed by atoms with van der Waals surface area (Å²) in [6.07, 6.45) is 1.35. The first-order valence-electron chi connectivity index (χ1n) is 7.15. The van der Waals surface area contributed by atoms with E-state index in [0.717, 1.165) is 25.3 Å². The molecule has 0 spiro atoms. The molecule has 0 aliphatic carbocycles. The van der Waals surface area contributed by atoms with Gasteiger partial charge in [0.15, 0.2) is 0 Å². The number of nitrogens with one attached hydrogen (secondary N) is 1. The Bertz CT molecular complexity index is 597. The highest BCUT2D eigenvalue weighted by atomic mass is 16.5. The third-order valence-corrected chi connectivity index (χ3v) is 4.08. The van der Waals surface area contributed by atoms with Gasteiger partial charge in [-0.25, -0.2) is 0 Å². The van der Waals surface area contributed by atoms with Crippen LogP contribution in [0.5, 0.6) is 5.75 Å². The van der Waals surface area contributed by atoms with Crippen LogP contribution in [0.25, 0.3) is 10.8 Å². The third kappa shape index (κ3) is 2.51. The fourth-order valence-electron chi connectivity index (χ4n) is 3.02. The van der Waals surface area contributed by atoms with Crippen LogP contribution in [0.2, 0.25) is 0 Å². The molecule has 1 saturated heterocycles. The largest absolute Gasteiger partial charge is 0.497 e. The molecule has 106 valence electrons. The molecule has 3 nitrogen and oxygen atoms in total. The topological polar surface area (TPSA) is 30.5 Å². The van der Waals surface area contributed by atoms with E-state index in [2.05, 4.69) is 35.6 Å². The lowest BCUT2D eigenvalue weighted by Crippen LogP contribution is -2.21. The van der Waals surface area contributed by atoms with Crippen LogP contribution >= 0.6 is 0 Å². The Morgan fingerprint density at radius 3 is 2.80 bits per heavy atom. The fourth-order valence-corrected chi connectivity index (χ4v) is 3.02. The molecule has 0 saturated carbocycles. The molecule has 1 heterocycles. The van der Waals surface area contributed by atoms with Gasteiger partial charge in [0.25, 0.3) is 0 Å². The van der Waals surface area contributed by atoms with E-state index < -0.39 is 0 Å². The second-order valence-corrected chi connectivity index (χ2v) is 5.37. The summed E-state index contributed by atoms with van der Waals surface area (Å²) in [6, 6.07) is 12.8. The molecule has 1 N–H and O–H groups in total. The minimum Gasteiger partial charge on any atom is -0.497 e. The Balaban J connectivity index is 1.92. The van der Waals surface area contributed by atoms with Gasteiger partial charge in [0.05, 0.1) is 13.2 Å². The molecule has 1 aliphatic heterocycles. The predicted octanol–water partition coefficient (Wildman–Crippen LogP) is 3.15. The van der Waals surface area contributed by atoms with Crippen LogP contribution in [-0.2, 0) is 4.74 Å². The van der Waals surface area contributed by atoms with Gasteiger partial charge in [-0.15, -0.1) is 0 Å². The van der Waals surface area contributed by atoms with Crippen molar-refractivity contribution in [3.8, 4) is 5.75 Å². The number of ether oxygens (including phenoxy) is 2. The molecule has 3 heteroatoms. The van der Waals surface area contributed by atoms with E-state index in [0.29, 0.717) is 5.92 Å². The number of methoxy groups -OCH3 is 1. The molecule has 0 amide bonds. The Morgan fingerprint density at radius 1 is 1.20 bits per heavy atom. The van der Waals surface area contributed by atoms with Gasteiger partial charge in [-0.05, 0) is 48.0 Å². The summed E-state index contributed by atoms with van der Waals surface area (Å²) in [5, 5.41) is 5.71. The molecular formula is C17H21NO2. The molecule has 3 rings (SSSR count). The van der Waals surface area contributed by atoms with E-state index in [4.69, 9.17) is 9.47 Å². The summed E-state index contributed by atoms with van der Waals surface area (Å²) in [5.41, 5.74) is 1.28. The maximum absolute atomic E-state index is 5.93. The molecular weight excluding hydrogens is 250 g/mol. The smallest absolute Gasteiger partial charge is 0.119 e. The Hall–Kier alpha value is -1.58. The molecule has 0 bridgehead atoms. The lowest BCUT2D eigenvalue weighted by molar-refractivity contribution is 0.0911. The quantitative estimate of drug-likeness (QED) is 0.926. The van der Waals surface area contributed by atoms with Crippen molar-refractivity contribution in [1.82, 2.24) is 5.32 Å². The zero-order valence-corrected chi connectivity index (χ0v) is 12.1. The molecule has 1 fully saturated rings. The van der Waals surface area contributed by atoms with Gasteiger partial charge in [0, 0.05) is 19.1 Å². The average Bonchev–Trinajstić information content (AvgIpc) is 2.95. The van der Waals surface area contributed by atoms with E-state index in [1.54, 1.807) is 7.11 Å². The van der Waals surface area contributed by atoms with Crippen LogP contribution < -0.4 is 10.1 Å². The molecule has 1 aliphatic rings. The summed E-state index contributed by atoms with van der Waals surface area (Å²) in [7, 11) is 3.70. The summed E-state index contributed by atoms with van der Waals surface area (Å²) in [5.74, 6) is 1.46. The van der Waals surface area contributed by atoms with Crippen LogP contribution in [-0.4, -0.2) is 27.3 Å². The van der Waals surface area contributed by atoms with Crippen molar-refractivity contribution >= 4 is 10.8 Å².